The average Bonchev–Trinajstić information content (AvgIpc) is 2.24. The van der Waals surface area contributed by atoms with Gasteiger partial charge in [0.1, 0.15) is 5.60 Å². The molecule has 0 aromatic rings. The van der Waals surface area contributed by atoms with E-state index in [1.165, 1.54) is 12.0 Å². The number of methoxy groups -OCH3 is 1. The summed E-state index contributed by atoms with van der Waals surface area (Å²) < 4.78 is 35.8. The maximum Gasteiger partial charge on any atom is 0.410 e. The first-order valence-electron chi connectivity index (χ1n) is 6.50. The number of rotatable bonds is 3. The lowest BCUT2D eigenvalue weighted by atomic mass is 10.0. The Balaban J connectivity index is 2.72. The summed E-state index contributed by atoms with van der Waals surface area (Å²) in [5.41, 5.74) is -0.574. The molecule has 7 nitrogen and oxygen atoms in total. The number of ether oxygens (including phenoxy) is 2. The van der Waals surface area contributed by atoms with Gasteiger partial charge in [0.05, 0.1) is 18.4 Å². The second-order valence-corrected chi connectivity index (χ2v) is 7.77. The van der Waals surface area contributed by atoms with Crippen LogP contribution in [0, 0.1) is 0 Å². The summed E-state index contributed by atoms with van der Waals surface area (Å²) in [6.07, 6.45) is 0.963. The summed E-state index contributed by atoms with van der Waals surface area (Å²) in [4.78, 5) is 13.5. The summed E-state index contributed by atoms with van der Waals surface area (Å²) in [5, 5.41) is 0. The Morgan fingerprint density at radius 2 is 1.95 bits per heavy atom. The number of likely N-dealkylation sites (tertiary alicyclic amines) is 1. The van der Waals surface area contributed by atoms with Crippen molar-refractivity contribution in [1.82, 2.24) is 9.62 Å². The van der Waals surface area contributed by atoms with Crippen LogP contribution in [0.25, 0.3) is 0 Å². The van der Waals surface area contributed by atoms with E-state index < -0.39 is 27.8 Å². The van der Waals surface area contributed by atoms with Crippen molar-refractivity contribution in [3.63, 3.8) is 0 Å². The third-order valence-electron chi connectivity index (χ3n) is 2.87. The van der Waals surface area contributed by atoms with Crippen molar-refractivity contribution < 1.29 is 22.7 Å². The highest BCUT2D eigenvalue weighted by Crippen LogP contribution is 2.18. The molecular formula is C12H24N2O5S. The van der Waals surface area contributed by atoms with Gasteiger partial charge in [-0.05, 0) is 27.2 Å². The molecule has 1 rings (SSSR count). The Bertz CT molecular complexity index is 443. The van der Waals surface area contributed by atoms with Gasteiger partial charge < -0.3 is 14.4 Å². The lowest BCUT2D eigenvalue weighted by molar-refractivity contribution is -0.00830. The smallest absolute Gasteiger partial charge is 0.410 e. The fraction of sp³-hybridized carbons (Fsp3) is 0.917. The minimum Gasteiger partial charge on any atom is -0.444 e. The molecule has 0 aromatic carbocycles. The van der Waals surface area contributed by atoms with Crippen LogP contribution in [0.4, 0.5) is 4.79 Å². The van der Waals surface area contributed by atoms with Gasteiger partial charge in [-0.2, -0.15) is 0 Å². The van der Waals surface area contributed by atoms with E-state index in [9.17, 15) is 13.2 Å². The molecule has 0 aliphatic carbocycles. The maximum atomic E-state index is 12.0. The van der Waals surface area contributed by atoms with Gasteiger partial charge in [-0.15, -0.1) is 0 Å². The average molecular weight is 308 g/mol. The lowest BCUT2D eigenvalue weighted by Gasteiger charge is -2.38. The predicted molar refractivity (Wildman–Crippen MR) is 75.0 cm³/mol. The second-order valence-electron chi connectivity index (χ2n) is 5.99. The van der Waals surface area contributed by atoms with Crippen molar-refractivity contribution in [1.29, 1.82) is 0 Å². The van der Waals surface area contributed by atoms with E-state index in [4.69, 9.17) is 9.47 Å². The molecule has 2 atom stereocenters. The van der Waals surface area contributed by atoms with Gasteiger partial charge in [0, 0.05) is 20.2 Å². The molecule has 0 bridgehead atoms. The topological polar surface area (TPSA) is 84.9 Å². The summed E-state index contributed by atoms with van der Waals surface area (Å²) in [6.45, 7) is 6.09. The van der Waals surface area contributed by atoms with Gasteiger partial charge in [0.25, 0.3) is 0 Å². The number of hydrogen-bond donors (Lipinski definition) is 1. The van der Waals surface area contributed by atoms with Crippen molar-refractivity contribution in [2.75, 3.05) is 26.5 Å². The minimum atomic E-state index is -3.36. The summed E-state index contributed by atoms with van der Waals surface area (Å²) in [6, 6.07) is -0.462. The standard InChI is InChI=1S/C12H24N2O5S/c1-12(2,3)19-11(15)14-7-6-10(18-4)9(8-14)13-20(5,16)17/h9-10,13H,6-8H2,1-5H3/t9-,10-/m0/s1. The largest absolute Gasteiger partial charge is 0.444 e. The summed E-state index contributed by atoms with van der Waals surface area (Å²) in [7, 11) is -1.83. The van der Waals surface area contributed by atoms with Crippen LogP contribution in [-0.4, -0.2) is 63.6 Å². The number of amides is 1. The number of carbonyl (C=O) groups excluding carboxylic acids is 1. The van der Waals surface area contributed by atoms with Crippen molar-refractivity contribution in [2.45, 2.75) is 44.9 Å². The molecule has 118 valence electrons. The number of hydrogen-bond acceptors (Lipinski definition) is 5. The van der Waals surface area contributed by atoms with Crippen LogP contribution in [0.2, 0.25) is 0 Å². The van der Waals surface area contributed by atoms with Crippen molar-refractivity contribution in [3.8, 4) is 0 Å². The Morgan fingerprint density at radius 3 is 2.40 bits per heavy atom. The quantitative estimate of drug-likeness (QED) is 0.823. The number of carbonyl (C=O) groups is 1. The molecule has 0 unspecified atom stereocenters. The van der Waals surface area contributed by atoms with Gasteiger partial charge in [0.15, 0.2) is 0 Å². The van der Waals surface area contributed by atoms with Crippen LogP contribution in [0.3, 0.4) is 0 Å². The molecule has 1 fully saturated rings. The first kappa shape index (κ1) is 17.2. The van der Waals surface area contributed by atoms with Crippen molar-refractivity contribution in [2.24, 2.45) is 0 Å². The number of nitrogens with zero attached hydrogens (tertiary/aromatic N) is 1. The van der Waals surface area contributed by atoms with E-state index in [0.717, 1.165) is 6.26 Å². The monoisotopic (exact) mass is 308 g/mol. The first-order chi connectivity index (χ1) is 9.02. The lowest BCUT2D eigenvalue weighted by Crippen LogP contribution is -2.57. The highest BCUT2D eigenvalue weighted by molar-refractivity contribution is 7.88. The van der Waals surface area contributed by atoms with Crippen LogP contribution in [0.5, 0.6) is 0 Å². The zero-order chi connectivity index (χ0) is 15.6. The first-order valence-corrected chi connectivity index (χ1v) is 8.39. The predicted octanol–water partition coefficient (Wildman–Crippen LogP) is 0.560. The zero-order valence-electron chi connectivity index (χ0n) is 12.7. The molecule has 1 heterocycles. The van der Waals surface area contributed by atoms with E-state index in [1.807, 2.05) is 0 Å². The van der Waals surface area contributed by atoms with Gasteiger partial charge in [-0.3, -0.25) is 0 Å². The molecule has 0 saturated carbocycles. The van der Waals surface area contributed by atoms with Gasteiger partial charge in [0.2, 0.25) is 10.0 Å². The van der Waals surface area contributed by atoms with E-state index in [0.29, 0.717) is 13.0 Å². The molecule has 0 aromatic heterocycles. The molecule has 1 N–H and O–H groups in total. The molecule has 0 radical (unpaired) electrons. The third kappa shape index (κ3) is 5.64. The van der Waals surface area contributed by atoms with Crippen LogP contribution in [-0.2, 0) is 19.5 Å². The molecule has 1 amide bonds. The fourth-order valence-electron chi connectivity index (χ4n) is 2.09. The highest BCUT2D eigenvalue weighted by atomic mass is 32.2. The van der Waals surface area contributed by atoms with E-state index >= 15 is 0 Å². The highest BCUT2D eigenvalue weighted by Gasteiger charge is 2.34. The number of nitrogens with one attached hydrogen (secondary N) is 1. The van der Waals surface area contributed by atoms with Crippen LogP contribution < -0.4 is 4.72 Å². The molecule has 0 spiro atoms. The molecule has 1 saturated heterocycles. The molecule has 20 heavy (non-hydrogen) atoms. The van der Waals surface area contributed by atoms with E-state index in [-0.39, 0.29) is 12.6 Å². The number of sulfonamides is 1. The van der Waals surface area contributed by atoms with Gasteiger partial charge in [-0.25, -0.2) is 17.9 Å². The SMILES string of the molecule is CO[C@H]1CCN(C(=O)OC(C)(C)C)C[C@@H]1NS(C)(=O)=O. The molecule has 1 aliphatic rings. The third-order valence-corrected chi connectivity index (χ3v) is 3.60. The summed E-state index contributed by atoms with van der Waals surface area (Å²) >= 11 is 0. The number of piperidine rings is 1. The molecule has 8 heteroatoms. The Labute approximate surface area is 120 Å². The van der Waals surface area contributed by atoms with Crippen molar-refractivity contribution >= 4 is 16.1 Å². The Kier molecular flexibility index (Phi) is 5.39. The molecule has 1 aliphatic heterocycles. The summed E-state index contributed by atoms with van der Waals surface area (Å²) in [5.74, 6) is 0. The fourth-order valence-corrected chi connectivity index (χ4v) is 2.87. The molecular weight excluding hydrogens is 284 g/mol. The van der Waals surface area contributed by atoms with E-state index in [2.05, 4.69) is 4.72 Å². The zero-order valence-corrected chi connectivity index (χ0v) is 13.5. The van der Waals surface area contributed by atoms with Crippen LogP contribution >= 0.6 is 0 Å². The second kappa shape index (κ2) is 6.28. The Morgan fingerprint density at radius 1 is 1.35 bits per heavy atom. The van der Waals surface area contributed by atoms with Crippen LogP contribution in [0.1, 0.15) is 27.2 Å². The van der Waals surface area contributed by atoms with Crippen molar-refractivity contribution in [3.05, 3.63) is 0 Å². The normalized spacial score (nSPS) is 24.6. The van der Waals surface area contributed by atoms with E-state index in [1.54, 1.807) is 20.8 Å². The van der Waals surface area contributed by atoms with Gasteiger partial charge >= 0.3 is 6.09 Å². The van der Waals surface area contributed by atoms with Crippen LogP contribution in [0.15, 0.2) is 0 Å². The minimum absolute atomic E-state index is 0.237. The Hall–Kier alpha value is -0.860. The van der Waals surface area contributed by atoms with Gasteiger partial charge in [-0.1, -0.05) is 0 Å². The maximum absolute atomic E-state index is 12.0.